The van der Waals surface area contributed by atoms with Crippen molar-refractivity contribution in [2.24, 2.45) is 17.8 Å². The minimum absolute atomic E-state index is 0.0209. The molecule has 2 saturated heterocycles. The minimum atomic E-state index is -1.23. The molecule has 2 bridgehead atoms. The van der Waals surface area contributed by atoms with Gasteiger partial charge in [0.2, 0.25) is 0 Å². The van der Waals surface area contributed by atoms with Crippen LogP contribution in [0.4, 0.5) is 5.13 Å². The maximum atomic E-state index is 13.1. The molecule has 218 valence electrons. The average molecular weight is 576 g/mol. The minimum Gasteiger partial charge on any atom is -0.488 e. The van der Waals surface area contributed by atoms with E-state index in [9.17, 15) is 15.0 Å². The number of hydrogen-bond acceptors (Lipinski definition) is 7. The first-order chi connectivity index (χ1) is 19.9. The second-order valence-electron chi connectivity index (χ2n) is 12.0. The predicted molar refractivity (Wildman–Crippen MR) is 162 cm³/mol. The Morgan fingerprint density at radius 3 is 2.51 bits per heavy atom. The molecular formula is C33H41N3O4S. The highest BCUT2D eigenvalue weighted by Crippen LogP contribution is 2.45. The monoisotopic (exact) mass is 575 g/mol. The van der Waals surface area contributed by atoms with Crippen LogP contribution in [0.25, 0.3) is 11.3 Å². The van der Waals surface area contributed by atoms with Crippen LogP contribution >= 0.6 is 11.3 Å². The van der Waals surface area contributed by atoms with Crippen molar-refractivity contribution in [1.29, 1.82) is 0 Å². The number of ether oxygens (including phenoxy) is 1. The Morgan fingerprint density at radius 1 is 1.05 bits per heavy atom. The average Bonchev–Trinajstić information content (AvgIpc) is 3.59. The van der Waals surface area contributed by atoms with Gasteiger partial charge < -0.3 is 24.7 Å². The zero-order chi connectivity index (χ0) is 28.5. The van der Waals surface area contributed by atoms with E-state index in [1.165, 1.54) is 6.42 Å². The van der Waals surface area contributed by atoms with E-state index >= 15 is 0 Å². The van der Waals surface area contributed by atoms with E-state index in [2.05, 4.69) is 36.3 Å². The fourth-order valence-electron chi connectivity index (χ4n) is 7.07. The number of thiazole rings is 1. The van der Waals surface area contributed by atoms with Crippen LogP contribution in [0, 0.1) is 24.7 Å². The summed E-state index contributed by atoms with van der Waals surface area (Å²) >= 11 is 1.64. The van der Waals surface area contributed by atoms with E-state index in [0.29, 0.717) is 18.4 Å². The summed E-state index contributed by atoms with van der Waals surface area (Å²) in [6.07, 6.45) is 5.08. The molecule has 0 radical (unpaired) electrons. The standard InChI is InChI=1S/C33H41N3O4S/c1-3-22-16-23(31(37)35-13-5-4-6-14-35)8-11-26(22)19-40-29-12-7-21(2)15-27(29)28-20-41-33(34-28)36-17-24-9-10-25(18-36)30(24)32(38)39/h7-8,11-12,15-16,20,24-25,30,32,38-39H,3-6,9-10,13-14,17-19H2,1-2H3/t24-,25+,30+. The summed E-state index contributed by atoms with van der Waals surface area (Å²) in [5, 5.41) is 22.8. The molecule has 2 aliphatic heterocycles. The van der Waals surface area contributed by atoms with Gasteiger partial charge in [0.15, 0.2) is 11.4 Å². The number of aliphatic hydroxyl groups excluding tert-OH is 1. The van der Waals surface area contributed by atoms with Gasteiger partial charge >= 0.3 is 0 Å². The van der Waals surface area contributed by atoms with Gasteiger partial charge in [-0.1, -0.05) is 24.6 Å². The van der Waals surface area contributed by atoms with Crippen molar-refractivity contribution in [1.82, 2.24) is 9.88 Å². The number of carbonyl (C=O) groups excluding carboxylic acids is 1. The first kappa shape index (κ1) is 28.2. The molecule has 3 fully saturated rings. The maximum Gasteiger partial charge on any atom is 0.253 e. The van der Waals surface area contributed by atoms with Crippen LogP contribution in [0.15, 0.2) is 41.8 Å². The first-order valence-electron chi connectivity index (χ1n) is 15.1. The van der Waals surface area contributed by atoms with Gasteiger partial charge in [-0.2, -0.15) is 0 Å². The van der Waals surface area contributed by atoms with Gasteiger partial charge in [0.1, 0.15) is 12.4 Å². The van der Waals surface area contributed by atoms with Crippen LogP contribution in [0.1, 0.15) is 66.1 Å². The third kappa shape index (κ3) is 5.87. The van der Waals surface area contributed by atoms with E-state index in [4.69, 9.17) is 9.72 Å². The van der Waals surface area contributed by atoms with Gasteiger partial charge in [0.25, 0.3) is 5.91 Å². The first-order valence-corrected chi connectivity index (χ1v) is 16.0. The van der Waals surface area contributed by atoms with Gasteiger partial charge in [-0.05, 0) is 92.7 Å². The summed E-state index contributed by atoms with van der Waals surface area (Å²) in [7, 11) is 0. The Balaban J connectivity index is 1.17. The fourth-order valence-corrected chi connectivity index (χ4v) is 7.92. The molecular weight excluding hydrogens is 534 g/mol. The Labute approximate surface area is 246 Å². The molecule has 2 aromatic carbocycles. The number of aromatic nitrogens is 1. The number of carbonyl (C=O) groups is 1. The second kappa shape index (κ2) is 12.1. The molecule has 8 heteroatoms. The molecule has 3 atom stereocenters. The molecule has 0 spiro atoms. The number of nitrogens with zero attached hydrogens (tertiary/aromatic N) is 3. The number of anilines is 1. The van der Waals surface area contributed by atoms with Crippen molar-refractivity contribution in [2.75, 3.05) is 31.1 Å². The normalized spacial score (nSPS) is 22.4. The van der Waals surface area contributed by atoms with Crippen LogP contribution in [0.3, 0.4) is 0 Å². The lowest BCUT2D eigenvalue weighted by Gasteiger charge is -2.38. The number of aryl methyl sites for hydroxylation is 2. The highest BCUT2D eigenvalue weighted by molar-refractivity contribution is 7.14. The molecule has 6 rings (SSSR count). The van der Waals surface area contributed by atoms with Crippen molar-refractivity contribution < 1.29 is 19.7 Å². The van der Waals surface area contributed by atoms with Crippen LogP contribution in [0.5, 0.6) is 5.75 Å². The molecule has 3 heterocycles. The van der Waals surface area contributed by atoms with E-state index in [-0.39, 0.29) is 11.8 Å². The molecule has 3 aliphatic rings. The number of likely N-dealkylation sites (tertiary alicyclic amines) is 1. The largest absolute Gasteiger partial charge is 0.488 e. The van der Waals surface area contributed by atoms with Crippen molar-refractivity contribution in [3.8, 4) is 17.0 Å². The molecule has 2 N–H and O–H groups in total. The quantitative estimate of drug-likeness (QED) is 0.337. The van der Waals surface area contributed by atoms with Gasteiger partial charge in [-0.3, -0.25) is 4.79 Å². The Kier molecular flexibility index (Phi) is 8.33. The molecule has 1 saturated carbocycles. The summed E-state index contributed by atoms with van der Waals surface area (Å²) in [5.41, 5.74) is 6.03. The Hall–Kier alpha value is -2.94. The fraction of sp³-hybridized carbons (Fsp3) is 0.515. The van der Waals surface area contributed by atoms with Crippen LogP contribution in [0.2, 0.25) is 0 Å². The number of fused-ring (bicyclic) bond motifs is 2. The van der Waals surface area contributed by atoms with E-state index in [0.717, 1.165) is 103 Å². The lowest BCUT2D eigenvalue weighted by molar-refractivity contribution is -0.109. The van der Waals surface area contributed by atoms with Crippen molar-refractivity contribution in [3.63, 3.8) is 0 Å². The number of benzene rings is 2. The number of rotatable bonds is 8. The molecule has 7 nitrogen and oxygen atoms in total. The number of piperidine rings is 2. The molecule has 3 aromatic rings. The number of amides is 1. The van der Waals surface area contributed by atoms with Gasteiger partial charge in [0.05, 0.1) is 5.69 Å². The van der Waals surface area contributed by atoms with Gasteiger partial charge in [-0.15, -0.1) is 11.3 Å². The third-order valence-corrected chi connectivity index (χ3v) is 10.2. The van der Waals surface area contributed by atoms with Crippen molar-refractivity contribution in [3.05, 3.63) is 64.0 Å². The zero-order valence-electron chi connectivity index (χ0n) is 24.1. The summed E-state index contributed by atoms with van der Waals surface area (Å²) < 4.78 is 6.43. The Bertz CT molecular complexity index is 1370. The molecule has 41 heavy (non-hydrogen) atoms. The van der Waals surface area contributed by atoms with Crippen molar-refractivity contribution >= 4 is 22.4 Å². The summed E-state index contributed by atoms with van der Waals surface area (Å²) in [4.78, 5) is 22.4. The van der Waals surface area contributed by atoms with Gasteiger partial charge in [-0.25, -0.2) is 4.98 Å². The number of aliphatic hydroxyl groups is 2. The van der Waals surface area contributed by atoms with E-state index in [1.807, 2.05) is 29.2 Å². The molecule has 0 unspecified atom stereocenters. The van der Waals surface area contributed by atoms with Crippen molar-refractivity contribution in [2.45, 2.75) is 65.3 Å². The predicted octanol–water partition coefficient (Wildman–Crippen LogP) is 5.66. The lowest BCUT2D eigenvalue weighted by atomic mass is 9.85. The van der Waals surface area contributed by atoms with Crippen LogP contribution < -0.4 is 9.64 Å². The van der Waals surface area contributed by atoms with Crippen LogP contribution in [-0.2, 0) is 13.0 Å². The molecule has 1 aliphatic carbocycles. The highest BCUT2D eigenvalue weighted by Gasteiger charge is 2.45. The third-order valence-electron chi connectivity index (χ3n) is 9.29. The van der Waals surface area contributed by atoms with E-state index < -0.39 is 6.29 Å². The second-order valence-corrected chi connectivity index (χ2v) is 12.8. The lowest BCUT2D eigenvalue weighted by Crippen LogP contribution is -2.46. The maximum absolute atomic E-state index is 13.1. The smallest absolute Gasteiger partial charge is 0.253 e. The molecule has 1 amide bonds. The topological polar surface area (TPSA) is 86.1 Å². The van der Waals surface area contributed by atoms with Crippen LogP contribution in [-0.4, -0.2) is 58.5 Å². The summed E-state index contributed by atoms with van der Waals surface area (Å²) in [6, 6.07) is 12.3. The molecule has 1 aromatic heterocycles. The van der Waals surface area contributed by atoms with Gasteiger partial charge in [0, 0.05) is 48.6 Å². The summed E-state index contributed by atoms with van der Waals surface area (Å²) in [5.74, 6) is 1.51. The number of hydrogen-bond donors (Lipinski definition) is 2. The zero-order valence-corrected chi connectivity index (χ0v) is 24.9. The highest BCUT2D eigenvalue weighted by atomic mass is 32.1. The Morgan fingerprint density at radius 2 is 1.80 bits per heavy atom. The summed E-state index contributed by atoms with van der Waals surface area (Å²) in [6.45, 7) is 7.97. The SMILES string of the molecule is CCc1cc(C(=O)N2CCCCC2)ccc1COc1ccc(C)cc1-c1csc(N2C[C@H]3CC[C@@H](C2)[C@H]3C(O)O)n1. The van der Waals surface area contributed by atoms with E-state index in [1.54, 1.807) is 11.3 Å².